The SMILES string of the molecule is CC(C)(C)c1nc(CC2CCC(CC(=O)O)CC2)n(Cc2ccc(-c3ccccc3-c3nnn[nH]3)cc2)n1. The molecule has 4 aromatic rings. The Kier molecular flexibility index (Phi) is 7.35. The van der Waals surface area contributed by atoms with E-state index in [4.69, 9.17) is 15.2 Å². The zero-order valence-electron chi connectivity index (χ0n) is 22.3. The van der Waals surface area contributed by atoms with Gasteiger partial charge in [-0.3, -0.25) is 4.79 Å². The number of hydrogen-bond acceptors (Lipinski definition) is 6. The van der Waals surface area contributed by atoms with Gasteiger partial charge < -0.3 is 5.11 Å². The molecule has 2 heterocycles. The summed E-state index contributed by atoms with van der Waals surface area (Å²) >= 11 is 0. The summed E-state index contributed by atoms with van der Waals surface area (Å²) in [5, 5.41) is 28.4. The van der Waals surface area contributed by atoms with E-state index in [-0.39, 0.29) is 11.8 Å². The molecular weight excluding hydrogens is 478 g/mol. The van der Waals surface area contributed by atoms with Gasteiger partial charge in [0.05, 0.1) is 6.54 Å². The van der Waals surface area contributed by atoms with Crippen LogP contribution in [-0.4, -0.2) is 46.5 Å². The minimum atomic E-state index is -0.687. The smallest absolute Gasteiger partial charge is 0.303 e. The first kappa shape index (κ1) is 25.8. The summed E-state index contributed by atoms with van der Waals surface area (Å²) in [6.07, 6.45) is 5.20. The summed E-state index contributed by atoms with van der Waals surface area (Å²) in [6.45, 7) is 7.08. The summed E-state index contributed by atoms with van der Waals surface area (Å²) in [6, 6.07) is 16.6. The van der Waals surface area contributed by atoms with Crippen molar-refractivity contribution in [2.45, 2.75) is 71.3 Å². The van der Waals surface area contributed by atoms with Crippen LogP contribution < -0.4 is 0 Å². The number of hydrogen-bond donors (Lipinski definition) is 2. The molecular formula is C29H35N7O2. The average Bonchev–Trinajstić information content (AvgIpc) is 3.56. The summed E-state index contributed by atoms with van der Waals surface area (Å²) in [7, 11) is 0. The fraction of sp³-hybridized carbons (Fsp3) is 0.448. The van der Waals surface area contributed by atoms with Crippen molar-refractivity contribution in [1.82, 2.24) is 35.4 Å². The standard InChI is InChI=1S/C29H35N7O2/c1-29(2,3)28-30-25(16-19-8-10-20(11-9-19)17-26(37)38)36(33-28)18-21-12-14-22(15-13-21)23-6-4-5-7-24(23)27-31-34-35-32-27/h4-7,12-15,19-20H,8-11,16-18H2,1-3H3,(H,37,38)(H,31,32,34,35). The van der Waals surface area contributed by atoms with Gasteiger partial charge in [-0.05, 0) is 64.6 Å². The molecule has 0 saturated heterocycles. The number of carboxylic acid groups (broad SMARTS) is 1. The van der Waals surface area contributed by atoms with Gasteiger partial charge in [-0.15, -0.1) is 5.10 Å². The van der Waals surface area contributed by atoms with E-state index >= 15 is 0 Å². The number of carboxylic acids is 1. The van der Waals surface area contributed by atoms with Crippen LogP contribution in [0.5, 0.6) is 0 Å². The van der Waals surface area contributed by atoms with Crippen LogP contribution in [0.15, 0.2) is 48.5 Å². The van der Waals surface area contributed by atoms with Gasteiger partial charge >= 0.3 is 5.97 Å². The van der Waals surface area contributed by atoms with E-state index in [1.54, 1.807) is 0 Å². The Morgan fingerprint density at radius 2 is 1.68 bits per heavy atom. The zero-order chi connectivity index (χ0) is 26.7. The van der Waals surface area contributed by atoms with E-state index in [1.807, 2.05) is 18.2 Å². The molecule has 198 valence electrons. The number of nitrogens with one attached hydrogen (secondary N) is 1. The van der Waals surface area contributed by atoms with Gasteiger partial charge in [0.15, 0.2) is 11.6 Å². The lowest BCUT2D eigenvalue weighted by atomic mass is 9.79. The highest BCUT2D eigenvalue weighted by Gasteiger charge is 2.27. The number of aromatic amines is 1. The summed E-state index contributed by atoms with van der Waals surface area (Å²) in [5.41, 5.74) is 4.13. The molecule has 0 bridgehead atoms. The van der Waals surface area contributed by atoms with E-state index in [9.17, 15) is 4.79 Å². The average molecular weight is 514 g/mol. The first-order valence-electron chi connectivity index (χ1n) is 13.3. The zero-order valence-corrected chi connectivity index (χ0v) is 22.3. The molecule has 0 aliphatic heterocycles. The van der Waals surface area contributed by atoms with Gasteiger partial charge in [0.25, 0.3) is 0 Å². The van der Waals surface area contributed by atoms with Crippen LogP contribution in [-0.2, 0) is 23.2 Å². The topological polar surface area (TPSA) is 122 Å². The van der Waals surface area contributed by atoms with Crippen molar-refractivity contribution in [1.29, 1.82) is 0 Å². The molecule has 2 N–H and O–H groups in total. The predicted octanol–water partition coefficient (Wildman–Crippen LogP) is 5.29. The maximum absolute atomic E-state index is 11.1. The van der Waals surface area contributed by atoms with Crippen molar-refractivity contribution in [2.24, 2.45) is 11.8 Å². The number of aliphatic carboxylic acids is 1. The van der Waals surface area contributed by atoms with Crippen LogP contribution >= 0.6 is 0 Å². The molecule has 0 unspecified atom stereocenters. The number of tetrazole rings is 1. The van der Waals surface area contributed by atoms with Crippen LogP contribution in [0.4, 0.5) is 0 Å². The molecule has 0 radical (unpaired) electrons. The minimum absolute atomic E-state index is 0.137. The number of rotatable bonds is 8. The molecule has 2 aromatic heterocycles. The van der Waals surface area contributed by atoms with Gasteiger partial charge in [0.2, 0.25) is 0 Å². The second kappa shape index (κ2) is 10.8. The Balaban J connectivity index is 1.33. The van der Waals surface area contributed by atoms with Crippen LogP contribution in [0.3, 0.4) is 0 Å². The second-order valence-electron chi connectivity index (χ2n) is 11.4. The highest BCUT2D eigenvalue weighted by molar-refractivity contribution is 5.80. The Bertz CT molecular complexity index is 1360. The molecule has 0 spiro atoms. The number of nitrogens with zero attached hydrogens (tertiary/aromatic N) is 6. The van der Waals surface area contributed by atoms with Gasteiger partial charge in [-0.25, -0.2) is 14.8 Å². The Morgan fingerprint density at radius 3 is 2.32 bits per heavy atom. The molecule has 0 amide bonds. The predicted molar refractivity (Wildman–Crippen MR) is 144 cm³/mol. The molecule has 0 atom stereocenters. The van der Waals surface area contributed by atoms with Crippen molar-refractivity contribution in [3.05, 3.63) is 65.7 Å². The first-order chi connectivity index (χ1) is 18.3. The highest BCUT2D eigenvalue weighted by atomic mass is 16.4. The summed E-state index contributed by atoms with van der Waals surface area (Å²) in [4.78, 5) is 16.1. The number of aromatic nitrogens is 7. The van der Waals surface area contributed by atoms with Crippen LogP contribution in [0, 0.1) is 11.8 Å². The van der Waals surface area contributed by atoms with Gasteiger partial charge in [-0.1, -0.05) is 69.3 Å². The summed E-state index contributed by atoms with van der Waals surface area (Å²) in [5.74, 6) is 2.65. The largest absolute Gasteiger partial charge is 0.481 e. The molecule has 9 nitrogen and oxygen atoms in total. The lowest BCUT2D eigenvalue weighted by molar-refractivity contribution is -0.138. The maximum Gasteiger partial charge on any atom is 0.303 e. The van der Waals surface area contributed by atoms with Gasteiger partial charge in [-0.2, -0.15) is 5.10 Å². The monoisotopic (exact) mass is 513 g/mol. The highest BCUT2D eigenvalue weighted by Crippen LogP contribution is 2.33. The normalized spacial score (nSPS) is 18.0. The molecule has 38 heavy (non-hydrogen) atoms. The van der Waals surface area contributed by atoms with E-state index < -0.39 is 5.97 Å². The van der Waals surface area contributed by atoms with Gasteiger partial charge in [0.1, 0.15) is 5.82 Å². The van der Waals surface area contributed by atoms with Crippen molar-refractivity contribution in [3.8, 4) is 22.5 Å². The summed E-state index contributed by atoms with van der Waals surface area (Å²) < 4.78 is 2.06. The molecule has 1 aliphatic carbocycles. The van der Waals surface area contributed by atoms with E-state index in [2.05, 4.69) is 76.4 Å². The first-order valence-corrected chi connectivity index (χ1v) is 13.3. The number of H-pyrrole nitrogens is 1. The lowest BCUT2D eigenvalue weighted by Gasteiger charge is -2.27. The fourth-order valence-corrected chi connectivity index (χ4v) is 5.29. The van der Waals surface area contributed by atoms with Crippen molar-refractivity contribution in [3.63, 3.8) is 0 Å². The maximum atomic E-state index is 11.1. The molecule has 5 rings (SSSR count). The van der Waals surface area contributed by atoms with Crippen molar-refractivity contribution < 1.29 is 9.90 Å². The van der Waals surface area contributed by atoms with Gasteiger partial charge in [0, 0.05) is 23.8 Å². The third-order valence-electron chi connectivity index (χ3n) is 7.44. The third-order valence-corrected chi connectivity index (χ3v) is 7.44. The minimum Gasteiger partial charge on any atom is -0.481 e. The Morgan fingerprint density at radius 1 is 1.00 bits per heavy atom. The van der Waals surface area contributed by atoms with E-state index in [0.29, 0.717) is 24.2 Å². The molecule has 1 fully saturated rings. The Hall–Kier alpha value is -3.88. The van der Waals surface area contributed by atoms with Crippen LogP contribution in [0.2, 0.25) is 0 Å². The van der Waals surface area contributed by atoms with E-state index in [0.717, 1.165) is 66.0 Å². The van der Waals surface area contributed by atoms with Crippen LogP contribution in [0.1, 0.15) is 70.1 Å². The number of benzene rings is 2. The molecule has 1 aliphatic rings. The lowest BCUT2D eigenvalue weighted by Crippen LogP contribution is -2.20. The fourth-order valence-electron chi connectivity index (χ4n) is 5.29. The number of carbonyl (C=O) groups is 1. The van der Waals surface area contributed by atoms with Crippen LogP contribution in [0.25, 0.3) is 22.5 Å². The molecule has 2 aromatic carbocycles. The van der Waals surface area contributed by atoms with E-state index in [1.165, 1.54) is 0 Å². The third kappa shape index (κ3) is 5.98. The van der Waals surface area contributed by atoms with Crippen molar-refractivity contribution in [2.75, 3.05) is 0 Å². The molecule has 9 heteroatoms. The molecule has 1 saturated carbocycles. The quantitative estimate of drug-likeness (QED) is 0.328. The second-order valence-corrected chi connectivity index (χ2v) is 11.4. The van der Waals surface area contributed by atoms with Crippen molar-refractivity contribution >= 4 is 5.97 Å². The Labute approximate surface area is 222 Å².